The number of benzene rings is 1. The number of aliphatic imine (C=N–C) groups is 1. The van der Waals surface area contributed by atoms with Gasteiger partial charge in [-0.05, 0) is 86.0 Å². The number of rotatable bonds is 39. The lowest BCUT2D eigenvalue weighted by Crippen LogP contribution is -2.60. The van der Waals surface area contributed by atoms with Crippen molar-refractivity contribution >= 4 is 82.8 Å². The van der Waals surface area contributed by atoms with Crippen molar-refractivity contribution in [2.24, 2.45) is 45.7 Å². The monoisotopic (exact) mass is 1200 g/mol. The highest BCUT2D eigenvalue weighted by Gasteiger charge is 2.35. The van der Waals surface area contributed by atoms with Gasteiger partial charge in [-0.2, -0.15) is 11.8 Å². The Bertz CT molecular complexity index is 2530. The summed E-state index contributed by atoms with van der Waals surface area (Å²) in [6, 6.07) is -6.49. The Labute approximate surface area is 491 Å². The van der Waals surface area contributed by atoms with Crippen molar-refractivity contribution in [3.05, 3.63) is 48.0 Å². The number of aliphatic hydroxyl groups is 1. The summed E-state index contributed by atoms with van der Waals surface area (Å²) in [7, 11) is 0. The number of nitrogens with one attached hydrogen (secondary N) is 10. The molecule has 0 bridgehead atoms. The van der Waals surface area contributed by atoms with E-state index in [0.717, 1.165) is 0 Å². The van der Waals surface area contributed by atoms with E-state index >= 15 is 0 Å². The minimum atomic E-state index is -1.47. The van der Waals surface area contributed by atoms with Gasteiger partial charge in [-0.15, -0.1) is 0 Å². The molecular weight excluding hydrogens is 1120 g/mol. The lowest BCUT2D eigenvalue weighted by Gasteiger charge is -2.28. The summed E-state index contributed by atoms with van der Waals surface area (Å²) >= 11 is 1.36. The fourth-order valence-electron chi connectivity index (χ4n) is 8.17. The summed E-state index contributed by atoms with van der Waals surface area (Å²) in [6.07, 6.45) is 3.67. The van der Waals surface area contributed by atoms with Crippen molar-refractivity contribution in [1.82, 2.24) is 57.8 Å². The molecule has 0 aliphatic heterocycles. The van der Waals surface area contributed by atoms with E-state index in [4.69, 9.17) is 22.9 Å². The molecule has 0 fully saturated rings. The molecule has 1 heterocycles. The maximum Gasteiger partial charge on any atom is 0.326 e. The number of aromatic amines is 1. The number of primary amides is 1. The molecule has 0 unspecified atom stereocenters. The number of imidazole rings is 1. The third kappa shape index (κ3) is 27.3. The molecule has 0 saturated heterocycles. The number of H-pyrrole nitrogens is 1. The van der Waals surface area contributed by atoms with Gasteiger partial charge in [0.25, 0.3) is 0 Å². The zero-order valence-electron chi connectivity index (χ0n) is 48.5. The van der Waals surface area contributed by atoms with E-state index < -0.39 is 138 Å². The summed E-state index contributed by atoms with van der Waals surface area (Å²) in [5.41, 5.74) is 23.0. The van der Waals surface area contributed by atoms with Crippen molar-refractivity contribution in [2.45, 2.75) is 154 Å². The van der Waals surface area contributed by atoms with Gasteiger partial charge in [-0.3, -0.25) is 52.9 Å². The summed E-state index contributed by atoms with van der Waals surface area (Å²) in [4.78, 5) is 159. The topological polar surface area (TPSA) is 502 Å². The Morgan fingerprint density at radius 3 is 1.62 bits per heavy atom. The average molecular weight is 1200 g/mol. The van der Waals surface area contributed by atoms with Gasteiger partial charge in [0.05, 0.1) is 19.5 Å². The summed E-state index contributed by atoms with van der Waals surface area (Å²) < 4.78 is 0. The molecule has 9 atom stereocenters. The molecule has 0 aliphatic carbocycles. The lowest BCUT2D eigenvalue weighted by molar-refractivity contribution is -0.142. The number of aromatic nitrogens is 2. The third-order valence-electron chi connectivity index (χ3n) is 12.6. The number of carbonyl (C=O) groups is 11. The van der Waals surface area contributed by atoms with Gasteiger partial charge in [0.15, 0.2) is 5.96 Å². The van der Waals surface area contributed by atoms with Gasteiger partial charge in [0.1, 0.15) is 60.1 Å². The molecule has 2 rings (SSSR count). The van der Waals surface area contributed by atoms with Crippen LogP contribution in [0.25, 0.3) is 0 Å². The second-order valence-electron chi connectivity index (χ2n) is 21.2. The standard InChI is InChI=1S/C53H86N16O14S/c1-27(2)19-37(66-44(74)33(54)25-70)48(78)64-35(14-15-41(55)72)45(75)67-38(20-28(3)4)49(79)63-34(9-8-17-59-53(56)57)47(77)69-43(29(5)6)51(81)60-24-42(73)62-39(21-30-10-12-32(71)13-11-30)50(80)65-36(16-18-84-7)46(76)68-40(52(82)83)22-31-23-58-26-61-31/h10-13,23,26-29,33-40,43,70-71H,8-9,14-22,24-25,54H2,1-7H3,(H2,55,72)(H,58,61)(H,60,81)(H,62,73)(H,63,79)(H,64,78)(H,65,80)(H,66,74)(H,67,75)(H,68,76)(H,69,77)(H,82,83)(H4,56,57,59)/t33-,34-,35-,36-,37-,38-,39-,40-,43-/m0/s1. The largest absolute Gasteiger partial charge is 0.508 e. The number of amides is 10. The number of carboxylic acids is 1. The van der Waals surface area contributed by atoms with Crippen molar-refractivity contribution in [1.29, 1.82) is 0 Å². The van der Waals surface area contributed by atoms with Crippen LogP contribution >= 0.6 is 11.8 Å². The molecule has 84 heavy (non-hydrogen) atoms. The number of guanidine groups is 1. The molecule has 0 radical (unpaired) electrons. The number of phenols is 1. The molecule has 10 amide bonds. The first kappa shape index (κ1) is 72.0. The number of nitrogens with zero attached hydrogens (tertiary/aromatic N) is 2. The number of phenolic OH excluding ortho intramolecular Hbond substituents is 1. The van der Waals surface area contributed by atoms with Crippen LogP contribution < -0.4 is 70.8 Å². The second-order valence-corrected chi connectivity index (χ2v) is 22.2. The minimum Gasteiger partial charge on any atom is -0.508 e. The van der Waals surface area contributed by atoms with E-state index in [1.807, 2.05) is 0 Å². The third-order valence-corrected chi connectivity index (χ3v) is 13.3. The van der Waals surface area contributed by atoms with Gasteiger partial charge in [-0.1, -0.05) is 53.7 Å². The number of nitrogens with two attached hydrogens (primary N) is 4. The fourth-order valence-corrected chi connectivity index (χ4v) is 8.64. The number of carboxylic acid groups (broad SMARTS) is 1. The molecule has 30 nitrogen and oxygen atoms in total. The Morgan fingerprint density at radius 2 is 1.13 bits per heavy atom. The van der Waals surface area contributed by atoms with Crippen LogP contribution in [0.5, 0.6) is 5.75 Å². The van der Waals surface area contributed by atoms with Crippen LogP contribution in [0.2, 0.25) is 0 Å². The Balaban J connectivity index is 2.38. The highest BCUT2D eigenvalue weighted by atomic mass is 32.2. The van der Waals surface area contributed by atoms with Crippen LogP contribution in [0.3, 0.4) is 0 Å². The molecule has 21 N–H and O–H groups in total. The lowest BCUT2D eigenvalue weighted by atomic mass is 9.99. The van der Waals surface area contributed by atoms with Crippen LogP contribution in [-0.4, -0.2) is 182 Å². The van der Waals surface area contributed by atoms with Crippen LogP contribution in [0.15, 0.2) is 41.8 Å². The Morgan fingerprint density at radius 1 is 0.631 bits per heavy atom. The predicted molar refractivity (Wildman–Crippen MR) is 310 cm³/mol. The minimum absolute atomic E-state index is 0.00748. The highest BCUT2D eigenvalue weighted by Crippen LogP contribution is 2.15. The summed E-state index contributed by atoms with van der Waals surface area (Å²) in [5.74, 6) is -10.9. The van der Waals surface area contributed by atoms with E-state index in [9.17, 15) is 68.1 Å². The maximum atomic E-state index is 14.3. The van der Waals surface area contributed by atoms with Crippen molar-refractivity contribution in [3.8, 4) is 5.75 Å². The van der Waals surface area contributed by atoms with Gasteiger partial charge < -0.3 is 91.1 Å². The summed E-state index contributed by atoms with van der Waals surface area (Å²) in [5, 5.41) is 52.2. The zero-order chi connectivity index (χ0) is 63.2. The quantitative estimate of drug-likeness (QED) is 0.0173. The number of hydrogen-bond acceptors (Lipinski definition) is 17. The van der Waals surface area contributed by atoms with E-state index in [0.29, 0.717) is 17.0 Å². The molecule has 0 spiro atoms. The molecule has 1 aromatic carbocycles. The number of thioether (sulfide) groups is 1. The molecule has 2 aromatic rings. The molecule has 0 saturated carbocycles. The van der Waals surface area contributed by atoms with Gasteiger partial charge in [0.2, 0.25) is 59.1 Å². The first-order chi connectivity index (χ1) is 39.5. The van der Waals surface area contributed by atoms with Crippen LogP contribution in [-0.2, 0) is 65.6 Å². The number of aliphatic carboxylic acids is 1. The first-order valence-electron chi connectivity index (χ1n) is 27.4. The Kier molecular flexibility index (Phi) is 31.9. The number of aromatic hydroxyl groups is 1. The van der Waals surface area contributed by atoms with E-state index in [1.54, 1.807) is 47.8 Å². The Hall–Kier alpha value is -8.06. The van der Waals surface area contributed by atoms with Crippen LogP contribution in [0, 0.1) is 17.8 Å². The van der Waals surface area contributed by atoms with Crippen LogP contribution in [0.1, 0.15) is 97.7 Å². The summed E-state index contributed by atoms with van der Waals surface area (Å²) in [6.45, 7) is 8.81. The van der Waals surface area contributed by atoms with Crippen molar-refractivity contribution in [2.75, 3.05) is 31.7 Å². The first-order valence-corrected chi connectivity index (χ1v) is 28.8. The number of hydrogen-bond donors (Lipinski definition) is 17. The predicted octanol–water partition coefficient (Wildman–Crippen LogP) is -3.88. The molecule has 468 valence electrons. The molecule has 31 heteroatoms. The molecular formula is C53H86N16O14S. The number of aliphatic hydroxyl groups excluding tert-OH is 1. The van der Waals surface area contributed by atoms with E-state index in [-0.39, 0.29) is 87.9 Å². The number of carbonyl (C=O) groups excluding carboxylic acids is 10. The van der Waals surface area contributed by atoms with Crippen LogP contribution in [0.4, 0.5) is 0 Å². The van der Waals surface area contributed by atoms with E-state index in [1.165, 1.54) is 48.6 Å². The van der Waals surface area contributed by atoms with Crippen molar-refractivity contribution in [3.63, 3.8) is 0 Å². The normalized spacial score (nSPS) is 14.4. The molecule has 1 aromatic heterocycles. The highest BCUT2D eigenvalue weighted by molar-refractivity contribution is 7.98. The van der Waals surface area contributed by atoms with Gasteiger partial charge in [-0.25, -0.2) is 9.78 Å². The second kappa shape index (κ2) is 37.2. The average Bonchev–Trinajstić information content (AvgIpc) is 4.10. The van der Waals surface area contributed by atoms with Gasteiger partial charge in [0, 0.05) is 37.7 Å². The molecule has 0 aliphatic rings. The SMILES string of the molecule is CSCC[C@H](NC(=O)[C@H](Cc1ccc(O)cc1)NC(=O)CNC(=O)[C@@H](NC(=O)[C@H](CCCN=C(N)N)NC(=O)[C@H](CC(C)C)NC(=O)[C@H](CCC(N)=O)NC(=O)[C@H](CC(C)C)NC(=O)[C@@H](N)CO)C(C)C)C(=O)N[C@@H](Cc1cnc[nH]1)C(=O)O. The maximum absolute atomic E-state index is 14.3. The zero-order valence-corrected chi connectivity index (χ0v) is 49.3. The smallest absolute Gasteiger partial charge is 0.326 e. The van der Waals surface area contributed by atoms with Crippen molar-refractivity contribution < 1.29 is 68.1 Å². The fraction of sp³-hybridized carbons (Fsp3) is 0.604. The van der Waals surface area contributed by atoms with E-state index in [2.05, 4.69) is 62.8 Å². The van der Waals surface area contributed by atoms with Gasteiger partial charge >= 0.3 is 5.97 Å².